The topological polar surface area (TPSA) is 58.6 Å². The van der Waals surface area contributed by atoms with Gasteiger partial charge in [-0.2, -0.15) is 0 Å². The van der Waals surface area contributed by atoms with Crippen LogP contribution >= 0.6 is 0 Å². The Labute approximate surface area is 144 Å². The second-order valence-corrected chi connectivity index (χ2v) is 8.25. The largest absolute Gasteiger partial charge is 0.444 e. The van der Waals surface area contributed by atoms with Gasteiger partial charge in [0, 0.05) is 19.6 Å². The minimum atomic E-state index is -0.691. The molecule has 2 aliphatic rings. The first-order chi connectivity index (χ1) is 11.1. The van der Waals surface area contributed by atoms with Gasteiger partial charge in [-0.25, -0.2) is 9.18 Å². The van der Waals surface area contributed by atoms with E-state index in [1.54, 1.807) is 4.90 Å². The minimum absolute atomic E-state index is 0.0520. The molecule has 2 fully saturated rings. The van der Waals surface area contributed by atoms with Crippen molar-refractivity contribution in [1.29, 1.82) is 0 Å². The van der Waals surface area contributed by atoms with Crippen LogP contribution in [0.5, 0.6) is 0 Å². The number of hydrogen-bond acceptors (Lipinski definition) is 3. The molecule has 0 aromatic carbocycles. The van der Waals surface area contributed by atoms with Crippen molar-refractivity contribution in [2.45, 2.75) is 71.6 Å². The Kier molecular flexibility index (Phi) is 5.76. The van der Waals surface area contributed by atoms with E-state index in [0.29, 0.717) is 45.3 Å². The number of halogens is 1. The highest BCUT2D eigenvalue weighted by molar-refractivity contribution is 5.83. The standard InChI is InChI=1S/C18H31FN2O3/c1-5-18(15(22)20-12-13-10-14(19)11-13)6-8-21(9-7-18)16(23)24-17(2,3)4/h13-14H,5-12H2,1-4H3,(H,20,22). The van der Waals surface area contributed by atoms with Gasteiger partial charge in [0.2, 0.25) is 5.91 Å². The summed E-state index contributed by atoms with van der Waals surface area (Å²) in [4.78, 5) is 26.5. The Hall–Kier alpha value is -1.33. The van der Waals surface area contributed by atoms with Crippen molar-refractivity contribution in [2.75, 3.05) is 19.6 Å². The van der Waals surface area contributed by atoms with Crippen molar-refractivity contribution < 1.29 is 18.7 Å². The number of ether oxygens (including phenoxy) is 1. The Morgan fingerprint density at radius 1 is 1.25 bits per heavy atom. The molecule has 0 radical (unpaired) electrons. The molecule has 1 saturated carbocycles. The van der Waals surface area contributed by atoms with E-state index in [0.717, 1.165) is 6.42 Å². The third-order valence-corrected chi connectivity index (χ3v) is 5.26. The lowest BCUT2D eigenvalue weighted by atomic mass is 9.75. The van der Waals surface area contributed by atoms with Crippen molar-refractivity contribution in [3.63, 3.8) is 0 Å². The summed E-state index contributed by atoms with van der Waals surface area (Å²) >= 11 is 0. The third-order valence-electron chi connectivity index (χ3n) is 5.26. The first-order valence-corrected chi connectivity index (χ1v) is 9.05. The molecule has 5 nitrogen and oxygen atoms in total. The van der Waals surface area contributed by atoms with Crippen LogP contribution in [0, 0.1) is 11.3 Å². The second-order valence-electron chi connectivity index (χ2n) is 8.25. The highest BCUT2D eigenvalue weighted by Gasteiger charge is 2.42. The van der Waals surface area contributed by atoms with Crippen molar-refractivity contribution in [1.82, 2.24) is 10.2 Å². The van der Waals surface area contributed by atoms with Crippen molar-refractivity contribution in [2.24, 2.45) is 11.3 Å². The number of carbonyl (C=O) groups excluding carboxylic acids is 2. The molecule has 0 aromatic rings. The molecule has 6 heteroatoms. The molecule has 1 N–H and O–H groups in total. The minimum Gasteiger partial charge on any atom is -0.444 e. The van der Waals surface area contributed by atoms with Gasteiger partial charge in [0.05, 0.1) is 5.41 Å². The molecule has 1 heterocycles. The SMILES string of the molecule is CCC1(C(=O)NCC2CC(F)C2)CCN(C(=O)OC(C)(C)C)CC1. The number of carbonyl (C=O) groups is 2. The molecule has 1 aliphatic carbocycles. The number of alkyl halides is 1. The van der Waals surface area contributed by atoms with Gasteiger partial charge >= 0.3 is 6.09 Å². The first-order valence-electron chi connectivity index (χ1n) is 9.05. The first kappa shape index (κ1) is 19.0. The summed E-state index contributed by atoms with van der Waals surface area (Å²) in [5.41, 5.74) is -0.928. The molecular formula is C18H31FN2O3. The average molecular weight is 342 g/mol. The third kappa shape index (κ3) is 4.61. The quantitative estimate of drug-likeness (QED) is 0.853. The number of nitrogens with one attached hydrogen (secondary N) is 1. The maximum absolute atomic E-state index is 12.9. The predicted molar refractivity (Wildman–Crippen MR) is 90.4 cm³/mol. The summed E-state index contributed by atoms with van der Waals surface area (Å²) in [6.07, 6.45) is 2.16. The van der Waals surface area contributed by atoms with Gasteiger partial charge in [0.1, 0.15) is 11.8 Å². The van der Waals surface area contributed by atoms with Gasteiger partial charge in [-0.3, -0.25) is 4.79 Å². The molecular weight excluding hydrogens is 311 g/mol. The smallest absolute Gasteiger partial charge is 0.410 e. The summed E-state index contributed by atoms with van der Waals surface area (Å²) in [7, 11) is 0. The lowest BCUT2D eigenvalue weighted by Gasteiger charge is -2.41. The zero-order valence-electron chi connectivity index (χ0n) is 15.4. The number of piperidine rings is 1. The van der Waals surface area contributed by atoms with Gasteiger partial charge in [-0.05, 0) is 58.8 Å². The van der Waals surface area contributed by atoms with Gasteiger partial charge in [0.25, 0.3) is 0 Å². The Bertz CT molecular complexity index is 461. The number of nitrogens with zero attached hydrogens (tertiary/aromatic N) is 1. The molecule has 138 valence electrons. The number of amides is 2. The Morgan fingerprint density at radius 3 is 2.29 bits per heavy atom. The summed E-state index contributed by atoms with van der Waals surface area (Å²) in [6.45, 7) is 9.20. The van der Waals surface area contributed by atoms with Crippen LogP contribution in [0.1, 0.15) is 59.8 Å². The van der Waals surface area contributed by atoms with Crippen molar-refractivity contribution in [3.8, 4) is 0 Å². The fourth-order valence-electron chi connectivity index (χ4n) is 3.43. The average Bonchev–Trinajstić information content (AvgIpc) is 2.48. The molecule has 2 amide bonds. The predicted octanol–water partition coefficient (Wildman–Crippen LogP) is 3.28. The number of likely N-dealkylation sites (tertiary alicyclic amines) is 1. The molecule has 0 unspecified atom stereocenters. The van der Waals surface area contributed by atoms with Crippen LogP contribution in [0.4, 0.5) is 9.18 Å². The zero-order valence-corrected chi connectivity index (χ0v) is 15.4. The van der Waals surface area contributed by atoms with Crippen LogP contribution in [0.25, 0.3) is 0 Å². The molecule has 0 bridgehead atoms. The van der Waals surface area contributed by atoms with Crippen LogP contribution < -0.4 is 5.32 Å². The summed E-state index contributed by atoms with van der Waals surface area (Å²) in [5, 5.41) is 3.01. The van der Waals surface area contributed by atoms with Crippen LogP contribution in [0.2, 0.25) is 0 Å². The van der Waals surface area contributed by atoms with E-state index >= 15 is 0 Å². The van der Waals surface area contributed by atoms with E-state index in [1.165, 1.54) is 0 Å². The van der Waals surface area contributed by atoms with Crippen LogP contribution in [0.3, 0.4) is 0 Å². The van der Waals surface area contributed by atoms with Gasteiger partial charge in [-0.1, -0.05) is 6.92 Å². The van der Waals surface area contributed by atoms with Crippen molar-refractivity contribution in [3.05, 3.63) is 0 Å². The van der Waals surface area contributed by atoms with E-state index in [1.807, 2.05) is 27.7 Å². The molecule has 1 aliphatic heterocycles. The fourth-order valence-corrected chi connectivity index (χ4v) is 3.43. The molecule has 0 atom stereocenters. The summed E-state index contributed by atoms with van der Waals surface area (Å²) in [5.74, 6) is 0.329. The summed E-state index contributed by atoms with van der Waals surface area (Å²) in [6, 6.07) is 0. The molecule has 0 aromatic heterocycles. The lowest BCUT2D eigenvalue weighted by molar-refractivity contribution is -0.134. The van der Waals surface area contributed by atoms with Crippen LogP contribution in [-0.4, -0.2) is 48.3 Å². The normalized spacial score (nSPS) is 26.5. The van der Waals surface area contributed by atoms with Gasteiger partial charge in [0.15, 0.2) is 0 Å². The van der Waals surface area contributed by atoms with Crippen LogP contribution in [-0.2, 0) is 9.53 Å². The maximum Gasteiger partial charge on any atom is 0.410 e. The van der Waals surface area contributed by atoms with E-state index in [9.17, 15) is 14.0 Å². The van der Waals surface area contributed by atoms with E-state index in [2.05, 4.69) is 5.32 Å². The zero-order chi connectivity index (χ0) is 18.0. The summed E-state index contributed by atoms with van der Waals surface area (Å²) < 4.78 is 18.3. The van der Waals surface area contributed by atoms with E-state index in [4.69, 9.17) is 4.74 Å². The molecule has 24 heavy (non-hydrogen) atoms. The van der Waals surface area contributed by atoms with Gasteiger partial charge < -0.3 is 15.0 Å². The maximum atomic E-state index is 12.9. The van der Waals surface area contributed by atoms with Crippen molar-refractivity contribution >= 4 is 12.0 Å². The molecule has 0 spiro atoms. The number of rotatable bonds is 4. The Balaban J connectivity index is 1.83. The fraction of sp³-hybridized carbons (Fsp3) is 0.889. The highest BCUT2D eigenvalue weighted by Crippen LogP contribution is 2.36. The van der Waals surface area contributed by atoms with E-state index in [-0.39, 0.29) is 17.9 Å². The monoisotopic (exact) mass is 342 g/mol. The van der Waals surface area contributed by atoms with Gasteiger partial charge in [-0.15, -0.1) is 0 Å². The van der Waals surface area contributed by atoms with E-state index < -0.39 is 17.2 Å². The van der Waals surface area contributed by atoms with Crippen LogP contribution in [0.15, 0.2) is 0 Å². The Morgan fingerprint density at radius 2 is 1.83 bits per heavy atom. The molecule has 2 rings (SSSR count). The molecule has 1 saturated heterocycles. The lowest BCUT2D eigenvalue weighted by Crippen LogP contribution is -2.51. The number of hydrogen-bond donors (Lipinski definition) is 1. The second kappa shape index (κ2) is 7.28. The highest BCUT2D eigenvalue weighted by atomic mass is 19.1.